The Morgan fingerprint density at radius 3 is 2.81 bits per heavy atom. The molecule has 2 heterocycles. The quantitative estimate of drug-likeness (QED) is 0.807. The number of carbonyl (C=O) groups is 1. The Balaban J connectivity index is 1.99. The van der Waals surface area contributed by atoms with E-state index in [9.17, 15) is 4.79 Å². The molecule has 0 amide bonds. The van der Waals surface area contributed by atoms with Crippen LogP contribution in [0, 0.1) is 5.92 Å². The number of nitrogens with zero attached hydrogens (tertiary/aromatic N) is 1. The first-order valence-corrected chi connectivity index (χ1v) is 5.50. The van der Waals surface area contributed by atoms with Crippen molar-refractivity contribution in [3.8, 4) is 0 Å². The number of hydrogen-bond donors (Lipinski definition) is 1. The van der Waals surface area contributed by atoms with Gasteiger partial charge in [-0.2, -0.15) is 0 Å². The zero-order valence-electron chi connectivity index (χ0n) is 8.60. The minimum absolute atomic E-state index is 0.0552. The smallest absolute Gasteiger partial charge is 0.308 e. The van der Waals surface area contributed by atoms with Gasteiger partial charge < -0.3 is 9.84 Å². The van der Waals surface area contributed by atoms with Crippen molar-refractivity contribution in [3.05, 3.63) is 29.0 Å². The second-order valence-electron chi connectivity index (χ2n) is 3.85. The molecule has 0 spiro atoms. The van der Waals surface area contributed by atoms with Crippen LogP contribution in [-0.4, -0.2) is 22.7 Å². The molecule has 0 aliphatic carbocycles. The number of ether oxygens (including phenoxy) is 1. The molecule has 1 fully saturated rings. The first kappa shape index (κ1) is 11.4. The third-order valence-corrected chi connectivity index (χ3v) is 2.97. The number of aliphatic carboxylic acids is 1. The van der Waals surface area contributed by atoms with Crippen LogP contribution in [-0.2, 0) is 9.53 Å². The molecule has 1 N–H and O–H groups in total. The number of carboxylic acids is 1. The third kappa shape index (κ3) is 2.51. The Morgan fingerprint density at radius 1 is 1.50 bits per heavy atom. The SMILES string of the molecule is O=C(O)[C@H]1CC[C@@H](c2ccc(Cl)nc2)OC1. The van der Waals surface area contributed by atoms with Crippen molar-refractivity contribution in [3.63, 3.8) is 0 Å². The molecule has 0 saturated carbocycles. The van der Waals surface area contributed by atoms with Gasteiger partial charge in [0.15, 0.2) is 0 Å². The van der Waals surface area contributed by atoms with E-state index in [0.717, 1.165) is 5.56 Å². The van der Waals surface area contributed by atoms with Crippen molar-refractivity contribution < 1.29 is 14.6 Å². The van der Waals surface area contributed by atoms with E-state index in [1.807, 2.05) is 6.07 Å². The molecule has 1 aliphatic rings. The summed E-state index contributed by atoms with van der Waals surface area (Å²) in [6.45, 7) is 0.266. The molecule has 4 nitrogen and oxygen atoms in total. The summed E-state index contributed by atoms with van der Waals surface area (Å²) >= 11 is 5.69. The van der Waals surface area contributed by atoms with Gasteiger partial charge in [0, 0.05) is 6.20 Å². The standard InChI is InChI=1S/C11H12ClNO3/c12-10-4-2-7(5-13-10)9-3-1-8(6-16-9)11(14)15/h2,4-5,8-9H,1,3,6H2,(H,14,15)/t8-,9-/m0/s1. The van der Waals surface area contributed by atoms with Crippen LogP contribution in [0.15, 0.2) is 18.3 Å². The number of pyridine rings is 1. The predicted molar refractivity (Wildman–Crippen MR) is 58.3 cm³/mol. The van der Waals surface area contributed by atoms with E-state index in [1.54, 1.807) is 12.3 Å². The topological polar surface area (TPSA) is 59.4 Å². The van der Waals surface area contributed by atoms with Crippen molar-refractivity contribution in [2.24, 2.45) is 5.92 Å². The van der Waals surface area contributed by atoms with Gasteiger partial charge in [-0.15, -0.1) is 0 Å². The summed E-state index contributed by atoms with van der Waals surface area (Å²) in [6.07, 6.45) is 2.97. The molecular weight excluding hydrogens is 230 g/mol. The fourth-order valence-electron chi connectivity index (χ4n) is 1.79. The molecule has 16 heavy (non-hydrogen) atoms. The summed E-state index contributed by atoms with van der Waals surface area (Å²) in [5, 5.41) is 9.27. The van der Waals surface area contributed by atoms with Crippen molar-refractivity contribution in [2.45, 2.75) is 18.9 Å². The van der Waals surface area contributed by atoms with E-state index >= 15 is 0 Å². The van der Waals surface area contributed by atoms with Crippen LogP contribution in [0.25, 0.3) is 0 Å². The Morgan fingerprint density at radius 2 is 2.31 bits per heavy atom. The molecule has 0 radical (unpaired) electrons. The summed E-state index contributed by atoms with van der Waals surface area (Å²) in [6, 6.07) is 3.57. The molecular formula is C11H12ClNO3. The first-order valence-electron chi connectivity index (χ1n) is 5.12. The van der Waals surface area contributed by atoms with Crippen molar-refractivity contribution in [1.29, 1.82) is 0 Å². The molecule has 1 saturated heterocycles. The fourth-order valence-corrected chi connectivity index (χ4v) is 1.90. The van der Waals surface area contributed by atoms with Gasteiger partial charge in [-0.1, -0.05) is 17.7 Å². The molecule has 5 heteroatoms. The lowest BCUT2D eigenvalue weighted by molar-refractivity contribution is -0.148. The lowest BCUT2D eigenvalue weighted by Crippen LogP contribution is -2.26. The van der Waals surface area contributed by atoms with Crippen LogP contribution in [0.1, 0.15) is 24.5 Å². The Hall–Kier alpha value is -1.13. The minimum Gasteiger partial charge on any atom is -0.481 e. The number of aromatic nitrogens is 1. The van der Waals surface area contributed by atoms with E-state index < -0.39 is 5.97 Å². The highest BCUT2D eigenvalue weighted by Crippen LogP contribution is 2.30. The average Bonchev–Trinajstić information content (AvgIpc) is 2.30. The summed E-state index contributed by atoms with van der Waals surface area (Å²) in [5.74, 6) is -1.16. The molecule has 1 aromatic rings. The van der Waals surface area contributed by atoms with E-state index in [4.69, 9.17) is 21.4 Å². The summed E-state index contributed by atoms with van der Waals surface area (Å²) < 4.78 is 5.51. The van der Waals surface area contributed by atoms with Gasteiger partial charge in [0.1, 0.15) is 5.15 Å². The highest BCUT2D eigenvalue weighted by Gasteiger charge is 2.27. The number of carboxylic acid groups (broad SMARTS) is 1. The Bertz CT molecular complexity index is 371. The van der Waals surface area contributed by atoms with Crippen molar-refractivity contribution in [2.75, 3.05) is 6.61 Å². The number of halogens is 1. The van der Waals surface area contributed by atoms with E-state index in [1.165, 1.54) is 0 Å². The molecule has 2 atom stereocenters. The maximum absolute atomic E-state index is 10.7. The molecule has 0 aromatic carbocycles. The summed E-state index contributed by atoms with van der Waals surface area (Å²) in [4.78, 5) is 14.7. The van der Waals surface area contributed by atoms with Crippen LogP contribution >= 0.6 is 11.6 Å². The molecule has 1 aromatic heterocycles. The second kappa shape index (κ2) is 4.80. The molecule has 86 valence electrons. The van der Waals surface area contributed by atoms with Crippen molar-refractivity contribution in [1.82, 2.24) is 4.98 Å². The van der Waals surface area contributed by atoms with Gasteiger partial charge >= 0.3 is 5.97 Å². The summed E-state index contributed by atoms with van der Waals surface area (Å²) in [7, 11) is 0. The van der Waals surface area contributed by atoms with Gasteiger partial charge in [-0.25, -0.2) is 4.98 Å². The fraction of sp³-hybridized carbons (Fsp3) is 0.455. The average molecular weight is 242 g/mol. The molecule has 0 bridgehead atoms. The predicted octanol–water partition coefficient (Wildman–Crippen LogP) is 2.29. The van der Waals surface area contributed by atoms with Crippen LogP contribution < -0.4 is 0 Å². The minimum atomic E-state index is -0.785. The van der Waals surface area contributed by atoms with Crippen LogP contribution in [0.5, 0.6) is 0 Å². The van der Waals surface area contributed by atoms with E-state index in [0.29, 0.717) is 18.0 Å². The Labute approximate surface area is 98.2 Å². The van der Waals surface area contributed by atoms with Gasteiger partial charge in [0.25, 0.3) is 0 Å². The van der Waals surface area contributed by atoms with Gasteiger partial charge in [0.2, 0.25) is 0 Å². The normalized spacial score (nSPS) is 25.3. The lowest BCUT2D eigenvalue weighted by Gasteiger charge is -2.26. The number of hydrogen-bond acceptors (Lipinski definition) is 3. The zero-order chi connectivity index (χ0) is 11.5. The van der Waals surface area contributed by atoms with E-state index in [2.05, 4.69) is 4.98 Å². The highest BCUT2D eigenvalue weighted by atomic mass is 35.5. The third-order valence-electron chi connectivity index (χ3n) is 2.75. The van der Waals surface area contributed by atoms with Gasteiger partial charge in [-0.05, 0) is 24.5 Å². The van der Waals surface area contributed by atoms with Crippen LogP contribution in [0.4, 0.5) is 0 Å². The maximum atomic E-state index is 10.7. The maximum Gasteiger partial charge on any atom is 0.308 e. The molecule has 0 unspecified atom stereocenters. The largest absolute Gasteiger partial charge is 0.481 e. The highest BCUT2D eigenvalue weighted by molar-refractivity contribution is 6.29. The van der Waals surface area contributed by atoms with Crippen LogP contribution in [0.3, 0.4) is 0 Å². The second-order valence-corrected chi connectivity index (χ2v) is 4.24. The zero-order valence-corrected chi connectivity index (χ0v) is 9.35. The monoisotopic (exact) mass is 241 g/mol. The lowest BCUT2D eigenvalue weighted by atomic mass is 9.95. The Kier molecular flexibility index (Phi) is 3.41. The first-order chi connectivity index (χ1) is 7.66. The summed E-state index contributed by atoms with van der Waals surface area (Å²) in [5.41, 5.74) is 0.952. The molecule has 2 rings (SSSR count). The van der Waals surface area contributed by atoms with E-state index in [-0.39, 0.29) is 18.6 Å². The van der Waals surface area contributed by atoms with Crippen molar-refractivity contribution >= 4 is 17.6 Å². The van der Waals surface area contributed by atoms with Crippen LogP contribution in [0.2, 0.25) is 5.15 Å². The van der Waals surface area contributed by atoms with Gasteiger partial charge in [0.05, 0.1) is 18.6 Å². The number of rotatable bonds is 2. The molecule has 1 aliphatic heterocycles. The van der Waals surface area contributed by atoms with Gasteiger partial charge in [-0.3, -0.25) is 4.79 Å².